The molecule has 0 fully saturated rings. The minimum atomic E-state index is -0.239. The Morgan fingerprint density at radius 1 is 1.37 bits per heavy atom. The maximum atomic E-state index is 11.9. The summed E-state index contributed by atoms with van der Waals surface area (Å²) in [5.74, 6) is 1.08. The van der Waals surface area contributed by atoms with Gasteiger partial charge in [-0.05, 0) is 55.4 Å². The van der Waals surface area contributed by atoms with E-state index < -0.39 is 0 Å². The molecule has 0 atom stereocenters. The Morgan fingerprint density at radius 2 is 2.16 bits per heavy atom. The van der Waals surface area contributed by atoms with Crippen molar-refractivity contribution in [3.05, 3.63) is 28.8 Å². The summed E-state index contributed by atoms with van der Waals surface area (Å²) >= 11 is 0. The van der Waals surface area contributed by atoms with Crippen molar-refractivity contribution in [3.63, 3.8) is 0 Å². The van der Waals surface area contributed by atoms with E-state index in [0.717, 1.165) is 42.7 Å². The number of ether oxygens (including phenoxy) is 2. The topological polar surface area (TPSA) is 35.5 Å². The van der Waals surface area contributed by atoms with E-state index in [9.17, 15) is 4.79 Å². The molecule has 3 heteroatoms. The maximum absolute atomic E-state index is 11.9. The van der Waals surface area contributed by atoms with Crippen molar-refractivity contribution in [2.24, 2.45) is 0 Å². The molecule has 0 amide bonds. The number of benzene rings is 1. The minimum absolute atomic E-state index is 0.239. The molecule has 1 aromatic carbocycles. The molecule has 3 nitrogen and oxygen atoms in total. The van der Waals surface area contributed by atoms with Crippen LogP contribution >= 0.6 is 0 Å². The monoisotopic (exact) mass is 262 g/mol. The van der Waals surface area contributed by atoms with E-state index in [0.29, 0.717) is 18.1 Å². The highest BCUT2D eigenvalue weighted by atomic mass is 16.5. The fourth-order valence-corrected chi connectivity index (χ4v) is 2.43. The molecule has 0 bridgehead atoms. The van der Waals surface area contributed by atoms with E-state index in [1.54, 1.807) is 0 Å². The van der Waals surface area contributed by atoms with Crippen LogP contribution in [-0.4, -0.2) is 19.2 Å². The molecule has 1 aliphatic rings. The van der Waals surface area contributed by atoms with Crippen LogP contribution in [0.3, 0.4) is 0 Å². The van der Waals surface area contributed by atoms with Gasteiger partial charge in [0.15, 0.2) is 0 Å². The first kappa shape index (κ1) is 13.9. The third-order valence-electron chi connectivity index (χ3n) is 3.41. The molecule has 0 spiro atoms. The quantitative estimate of drug-likeness (QED) is 0.779. The second kappa shape index (κ2) is 6.09. The van der Waals surface area contributed by atoms with Crippen molar-refractivity contribution in [1.82, 2.24) is 0 Å². The standard InChI is InChI=1S/C16H22O3/c1-4-18-16(17)13-9-12-7-5-6-8-19-15(12)14(10-13)11(2)3/h9-11H,4-8H2,1-3H3. The lowest BCUT2D eigenvalue weighted by Gasteiger charge is -2.17. The van der Waals surface area contributed by atoms with E-state index in [1.165, 1.54) is 0 Å². The Labute approximate surface area is 114 Å². The third-order valence-corrected chi connectivity index (χ3v) is 3.41. The summed E-state index contributed by atoms with van der Waals surface area (Å²) in [5.41, 5.74) is 2.91. The minimum Gasteiger partial charge on any atom is -0.493 e. The number of rotatable bonds is 3. The van der Waals surface area contributed by atoms with E-state index >= 15 is 0 Å². The molecule has 1 aromatic rings. The molecule has 1 heterocycles. The van der Waals surface area contributed by atoms with Gasteiger partial charge in [-0.2, -0.15) is 0 Å². The summed E-state index contributed by atoms with van der Waals surface area (Å²) < 4.78 is 11.0. The molecule has 0 saturated heterocycles. The van der Waals surface area contributed by atoms with E-state index in [2.05, 4.69) is 13.8 Å². The fourth-order valence-electron chi connectivity index (χ4n) is 2.43. The number of fused-ring (bicyclic) bond motifs is 1. The summed E-state index contributed by atoms with van der Waals surface area (Å²) in [4.78, 5) is 11.9. The first-order valence-corrected chi connectivity index (χ1v) is 7.10. The molecule has 0 radical (unpaired) electrons. The second-order valence-electron chi connectivity index (χ2n) is 5.23. The Morgan fingerprint density at radius 3 is 2.84 bits per heavy atom. The van der Waals surface area contributed by atoms with Gasteiger partial charge in [0.05, 0.1) is 18.8 Å². The molecule has 19 heavy (non-hydrogen) atoms. The van der Waals surface area contributed by atoms with Gasteiger partial charge in [-0.3, -0.25) is 0 Å². The molecular formula is C16H22O3. The van der Waals surface area contributed by atoms with Crippen LogP contribution < -0.4 is 4.74 Å². The summed E-state index contributed by atoms with van der Waals surface area (Å²) in [6, 6.07) is 3.86. The highest BCUT2D eigenvalue weighted by molar-refractivity contribution is 5.90. The van der Waals surface area contributed by atoms with Crippen LogP contribution in [0.25, 0.3) is 0 Å². The van der Waals surface area contributed by atoms with Crippen LogP contribution in [0.15, 0.2) is 12.1 Å². The zero-order valence-electron chi connectivity index (χ0n) is 12.0. The average molecular weight is 262 g/mol. The zero-order chi connectivity index (χ0) is 13.8. The van der Waals surface area contributed by atoms with Crippen molar-refractivity contribution in [2.45, 2.75) is 46.0 Å². The predicted octanol–water partition coefficient (Wildman–Crippen LogP) is 3.70. The normalized spacial score (nSPS) is 14.5. The lowest BCUT2D eigenvalue weighted by molar-refractivity contribution is 0.0526. The summed E-state index contributed by atoms with van der Waals surface area (Å²) in [5, 5.41) is 0. The lowest BCUT2D eigenvalue weighted by atomic mass is 9.94. The van der Waals surface area contributed by atoms with Gasteiger partial charge in [-0.1, -0.05) is 13.8 Å². The third kappa shape index (κ3) is 3.09. The molecule has 0 N–H and O–H groups in total. The molecule has 0 unspecified atom stereocenters. The van der Waals surface area contributed by atoms with Gasteiger partial charge in [-0.25, -0.2) is 4.79 Å². The van der Waals surface area contributed by atoms with Crippen molar-refractivity contribution in [3.8, 4) is 5.75 Å². The van der Waals surface area contributed by atoms with Crippen LogP contribution in [0, 0.1) is 0 Å². The summed E-state index contributed by atoms with van der Waals surface area (Å²) in [6.07, 6.45) is 3.15. The molecule has 0 aromatic heterocycles. The lowest BCUT2D eigenvalue weighted by Crippen LogP contribution is -2.08. The molecule has 0 saturated carbocycles. The second-order valence-corrected chi connectivity index (χ2v) is 5.23. The summed E-state index contributed by atoms with van der Waals surface area (Å²) in [6.45, 7) is 7.25. The van der Waals surface area contributed by atoms with E-state index in [1.807, 2.05) is 19.1 Å². The van der Waals surface area contributed by atoms with Crippen molar-refractivity contribution in [2.75, 3.05) is 13.2 Å². The zero-order valence-corrected chi connectivity index (χ0v) is 12.0. The van der Waals surface area contributed by atoms with E-state index in [-0.39, 0.29) is 5.97 Å². The first-order valence-electron chi connectivity index (χ1n) is 7.10. The SMILES string of the molecule is CCOC(=O)c1cc2c(c(C(C)C)c1)OCCCC2. The molecule has 0 aliphatic carbocycles. The van der Waals surface area contributed by atoms with Crippen LogP contribution in [0.1, 0.15) is 61.0 Å². The van der Waals surface area contributed by atoms with Crippen LogP contribution in [0.2, 0.25) is 0 Å². The van der Waals surface area contributed by atoms with Crippen molar-refractivity contribution in [1.29, 1.82) is 0 Å². The highest BCUT2D eigenvalue weighted by Crippen LogP contribution is 2.34. The largest absolute Gasteiger partial charge is 0.493 e. The van der Waals surface area contributed by atoms with Gasteiger partial charge in [0.2, 0.25) is 0 Å². The van der Waals surface area contributed by atoms with Crippen LogP contribution in [0.4, 0.5) is 0 Å². The Balaban J connectivity index is 2.45. The smallest absolute Gasteiger partial charge is 0.338 e. The molecule has 104 valence electrons. The number of esters is 1. The number of hydrogen-bond donors (Lipinski definition) is 0. The summed E-state index contributed by atoms with van der Waals surface area (Å²) in [7, 11) is 0. The maximum Gasteiger partial charge on any atom is 0.338 e. The first-order chi connectivity index (χ1) is 9.13. The molecule has 1 aliphatic heterocycles. The predicted molar refractivity (Wildman–Crippen MR) is 74.9 cm³/mol. The average Bonchev–Trinajstić information content (AvgIpc) is 2.62. The van der Waals surface area contributed by atoms with Crippen LogP contribution in [0.5, 0.6) is 5.75 Å². The van der Waals surface area contributed by atoms with Crippen molar-refractivity contribution < 1.29 is 14.3 Å². The van der Waals surface area contributed by atoms with Crippen LogP contribution in [-0.2, 0) is 11.2 Å². The van der Waals surface area contributed by atoms with Gasteiger partial charge < -0.3 is 9.47 Å². The molecule has 2 rings (SSSR count). The van der Waals surface area contributed by atoms with Gasteiger partial charge >= 0.3 is 5.97 Å². The Hall–Kier alpha value is -1.51. The van der Waals surface area contributed by atoms with Gasteiger partial charge in [0, 0.05) is 0 Å². The molecular weight excluding hydrogens is 240 g/mol. The Bertz CT molecular complexity index is 463. The highest BCUT2D eigenvalue weighted by Gasteiger charge is 2.20. The van der Waals surface area contributed by atoms with Gasteiger partial charge in [0.25, 0.3) is 0 Å². The van der Waals surface area contributed by atoms with E-state index in [4.69, 9.17) is 9.47 Å². The van der Waals surface area contributed by atoms with Crippen molar-refractivity contribution >= 4 is 5.97 Å². The Kier molecular flexibility index (Phi) is 4.46. The number of aryl methyl sites for hydroxylation is 1. The number of hydrogen-bond acceptors (Lipinski definition) is 3. The van der Waals surface area contributed by atoms with Gasteiger partial charge in [-0.15, -0.1) is 0 Å². The van der Waals surface area contributed by atoms with Gasteiger partial charge in [0.1, 0.15) is 5.75 Å². The number of carbonyl (C=O) groups excluding carboxylic acids is 1. The number of carbonyl (C=O) groups is 1. The fraction of sp³-hybridized carbons (Fsp3) is 0.562.